The Morgan fingerprint density at radius 2 is 2.26 bits per heavy atom. The molecule has 1 fully saturated rings. The molecule has 19 heavy (non-hydrogen) atoms. The summed E-state index contributed by atoms with van der Waals surface area (Å²) in [6.45, 7) is 1.80. The van der Waals surface area contributed by atoms with Crippen LogP contribution in [-0.2, 0) is 6.54 Å². The van der Waals surface area contributed by atoms with E-state index in [4.69, 9.17) is 4.42 Å². The second kappa shape index (κ2) is 5.97. The van der Waals surface area contributed by atoms with E-state index in [1.807, 2.05) is 12.1 Å². The van der Waals surface area contributed by atoms with Gasteiger partial charge in [-0.3, -0.25) is 0 Å². The predicted octanol–water partition coefficient (Wildman–Crippen LogP) is 1.86. The fraction of sp³-hybridized carbons (Fsp3) is 0.615. The molecule has 3 rings (SSSR count). The van der Waals surface area contributed by atoms with E-state index in [0.717, 1.165) is 25.6 Å². The van der Waals surface area contributed by atoms with E-state index < -0.39 is 0 Å². The minimum Gasteiger partial charge on any atom is -0.461 e. The maximum Gasteiger partial charge on any atom is 0.240 e. The van der Waals surface area contributed by atoms with Gasteiger partial charge in [-0.1, -0.05) is 12.8 Å². The fourth-order valence-corrected chi connectivity index (χ4v) is 2.50. The van der Waals surface area contributed by atoms with Crippen LogP contribution in [0.2, 0.25) is 0 Å². The monoisotopic (exact) mass is 261 g/mol. The number of furan rings is 1. The molecule has 2 heterocycles. The van der Waals surface area contributed by atoms with Crippen molar-refractivity contribution in [3.8, 4) is 11.6 Å². The van der Waals surface area contributed by atoms with Crippen molar-refractivity contribution < 1.29 is 4.42 Å². The Bertz CT molecular complexity index is 487. The maximum absolute atomic E-state index is 5.24. The van der Waals surface area contributed by atoms with Crippen LogP contribution in [0.5, 0.6) is 0 Å². The van der Waals surface area contributed by atoms with Crippen LogP contribution in [0.15, 0.2) is 22.8 Å². The molecule has 0 amide bonds. The average molecular weight is 261 g/mol. The maximum atomic E-state index is 5.24. The van der Waals surface area contributed by atoms with Crippen molar-refractivity contribution in [2.75, 3.05) is 6.54 Å². The van der Waals surface area contributed by atoms with Crippen LogP contribution in [0.1, 0.15) is 32.1 Å². The number of nitrogens with zero attached hydrogens (tertiary/aromatic N) is 4. The summed E-state index contributed by atoms with van der Waals surface area (Å²) in [7, 11) is 0. The van der Waals surface area contributed by atoms with E-state index >= 15 is 0 Å². The lowest BCUT2D eigenvalue weighted by Gasteiger charge is -2.10. The number of rotatable bonds is 6. The Balaban J connectivity index is 1.43. The van der Waals surface area contributed by atoms with E-state index in [1.54, 1.807) is 11.1 Å². The zero-order valence-corrected chi connectivity index (χ0v) is 11.0. The lowest BCUT2D eigenvalue weighted by Crippen LogP contribution is -2.27. The molecule has 0 aromatic carbocycles. The molecule has 0 aliphatic heterocycles. The molecule has 0 atom stereocenters. The van der Waals surface area contributed by atoms with Crippen LogP contribution in [0, 0.1) is 0 Å². The summed E-state index contributed by atoms with van der Waals surface area (Å²) in [6.07, 6.45) is 8.02. The van der Waals surface area contributed by atoms with Crippen molar-refractivity contribution in [2.45, 2.75) is 44.7 Å². The van der Waals surface area contributed by atoms with Crippen molar-refractivity contribution in [2.24, 2.45) is 0 Å². The van der Waals surface area contributed by atoms with Gasteiger partial charge in [-0.15, -0.1) is 10.2 Å². The summed E-state index contributed by atoms with van der Waals surface area (Å²) in [5, 5.41) is 15.9. The Morgan fingerprint density at radius 3 is 3.05 bits per heavy atom. The van der Waals surface area contributed by atoms with Crippen LogP contribution in [0.25, 0.3) is 11.6 Å². The van der Waals surface area contributed by atoms with Crippen molar-refractivity contribution in [3.05, 3.63) is 18.4 Å². The van der Waals surface area contributed by atoms with E-state index in [1.165, 1.54) is 25.7 Å². The molecule has 0 spiro atoms. The number of nitrogens with one attached hydrogen (secondary N) is 1. The Kier molecular flexibility index (Phi) is 3.88. The van der Waals surface area contributed by atoms with Crippen LogP contribution in [0.4, 0.5) is 0 Å². The van der Waals surface area contributed by atoms with Crippen LogP contribution in [0.3, 0.4) is 0 Å². The third-order valence-corrected chi connectivity index (χ3v) is 3.52. The topological polar surface area (TPSA) is 68.8 Å². The standard InChI is InChI=1S/C13H19N5O/c1-2-6-11(5-1)14-8-4-9-18-16-13(15-17-18)12-7-3-10-19-12/h3,7,10-11,14H,1-2,4-6,8-9H2. The zero-order valence-electron chi connectivity index (χ0n) is 11.0. The quantitative estimate of drug-likeness (QED) is 0.804. The number of hydrogen-bond donors (Lipinski definition) is 1. The lowest BCUT2D eigenvalue weighted by molar-refractivity contribution is 0.454. The van der Waals surface area contributed by atoms with Gasteiger partial charge in [-0.25, -0.2) is 0 Å². The van der Waals surface area contributed by atoms with Gasteiger partial charge in [0.2, 0.25) is 5.82 Å². The molecule has 1 aliphatic carbocycles. The largest absolute Gasteiger partial charge is 0.461 e. The molecule has 0 saturated heterocycles. The first-order valence-corrected chi connectivity index (χ1v) is 6.97. The first-order valence-electron chi connectivity index (χ1n) is 6.97. The minimum absolute atomic E-state index is 0.550. The fourth-order valence-electron chi connectivity index (χ4n) is 2.50. The smallest absolute Gasteiger partial charge is 0.240 e. The minimum atomic E-state index is 0.550. The summed E-state index contributed by atoms with van der Waals surface area (Å²) in [5.74, 6) is 1.21. The Labute approximate surface area is 112 Å². The summed E-state index contributed by atoms with van der Waals surface area (Å²) in [4.78, 5) is 1.63. The molecular weight excluding hydrogens is 242 g/mol. The molecular formula is C13H19N5O. The van der Waals surface area contributed by atoms with Gasteiger partial charge in [0, 0.05) is 6.04 Å². The van der Waals surface area contributed by atoms with Gasteiger partial charge in [0.05, 0.1) is 12.8 Å². The lowest BCUT2D eigenvalue weighted by atomic mass is 10.2. The highest BCUT2D eigenvalue weighted by atomic mass is 16.3. The van der Waals surface area contributed by atoms with E-state index in [-0.39, 0.29) is 0 Å². The molecule has 6 nitrogen and oxygen atoms in total. The number of aromatic nitrogens is 4. The number of hydrogen-bond acceptors (Lipinski definition) is 5. The molecule has 0 bridgehead atoms. The average Bonchev–Trinajstić information content (AvgIpc) is 3.15. The Morgan fingerprint density at radius 1 is 1.37 bits per heavy atom. The second-order valence-electron chi connectivity index (χ2n) is 4.98. The summed E-state index contributed by atoms with van der Waals surface area (Å²) in [6, 6.07) is 4.38. The molecule has 0 radical (unpaired) electrons. The highest BCUT2D eigenvalue weighted by molar-refractivity contribution is 5.43. The first kappa shape index (κ1) is 12.3. The van der Waals surface area contributed by atoms with E-state index in [9.17, 15) is 0 Å². The van der Waals surface area contributed by atoms with Crippen LogP contribution >= 0.6 is 0 Å². The molecule has 1 saturated carbocycles. The van der Waals surface area contributed by atoms with Gasteiger partial charge in [-0.2, -0.15) is 4.80 Å². The number of tetrazole rings is 1. The molecule has 1 aliphatic rings. The third kappa shape index (κ3) is 3.20. The predicted molar refractivity (Wildman–Crippen MR) is 70.4 cm³/mol. The van der Waals surface area contributed by atoms with Crippen LogP contribution < -0.4 is 5.32 Å². The molecule has 2 aromatic heterocycles. The summed E-state index contributed by atoms with van der Waals surface area (Å²) < 4.78 is 5.24. The van der Waals surface area contributed by atoms with Gasteiger partial charge >= 0.3 is 0 Å². The highest BCUT2D eigenvalue weighted by Crippen LogP contribution is 2.17. The van der Waals surface area contributed by atoms with Gasteiger partial charge in [0.1, 0.15) is 0 Å². The highest BCUT2D eigenvalue weighted by Gasteiger charge is 2.13. The SMILES string of the molecule is c1coc(-c2nnn(CCCNC3CCCC3)n2)c1. The molecule has 0 unspecified atom stereocenters. The van der Waals surface area contributed by atoms with Crippen molar-refractivity contribution in [1.82, 2.24) is 25.5 Å². The van der Waals surface area contributed by atoms with E-state index in [0.29, 0.717) is 11.6 Å². The molecule has 1 N–H and O–H groups in total. The van der Waals surface area contributed by atoms with Crippen molar-refractivity contribution in [3.63, 3.8) is 0 Å². The van der Waals surface area contributed by atoms with Gasteiger partial charge < -0.3 is 9.73 Å². The number of aryl methyl sites for hydroxylation is 1. The van der Waals surface area contributed by atoms with Crippen LogP contribution in [-0.4, -0.2) is 32.8 Å². The molecule has 6 heteroatoms. The van der Waals surface area contributed by atoms with Crippen molar-refractivity contribution >= 4 is 0 Å². The van der Waals surface area contributed by atoms with E-state index in [2.05, 4.69) is 20.7 Å². The first-order chi connectivity index (χ1) is 9.42. The zero-order chi connectivity index (χ0) is 12.9. The third-order valence-electron chi connectivity index (χ3n) is 3.52. The Hall–Kier alpha value is -1.69. The normalized spacial score (nSPS) is 16.2. The van der Waals surface area contributed by atoms with Gasteiger partial charge in [-0.05, 0) is 43.2 Å². The van der Waals surface area contributed by atoms with Gasteiger partial charge in [0.15, 0.2) is 5.76 Å². The van der Waals surface area contributed by atoms with Crippen molar-refractivity contribution in [1.29, 1.82) is 0 Å². The second-order valence-corrected chi connectivity index (χ2v) is 4.98. The molecule has 2 aromatic rings. The van der Waals surface area contributed by atoms with Gasteiger partial charge in [0.25, 0.3) is 0 Å². The molecule has 102 valence electrons. The summed E-state index contributed by atoms with van der Waals surface area (Å²) >= 11 is 0. The summed E-state index contributed by atoms with van der Waals surface area (Å²) in [5.41, 5.74) is 0.